The third kappa shape index (κ3) is 59.0. The highest BCUT2D eigenvalue weighted by Gasteiger charge is 2.19. The van der Waals surface area contributed by atoms with Gasteiger partial charge in [0.2, 0.25) is 0 Å². The van der Waals surface area contributed by atoms with E-state index in [0.29, 0.717) is 19.3 Å². The maximum absolute atomic E-state index is 12.8. The summed E-state index contributed by atoms with van der Waals surface area (Å²) >= 11 is 0. The molecular formula is C66H126O6. The molecule has 0 bridgehead atoms. The van der Waals surface area contributed by atoms with Gasteiger partial charge in [-0.25, -0.2) is 0 Å². The van der Waals surface area contributed by atoms with Gasteiger partial charge in [-0.1, -0.05) is 322 Å². The maximum atomic E-state index is 12.8. The molecule has 6 heteroatoms. The van der Waals surface area contributed by atoms with Crippen LogP contribution >= 0.6 is 0 Å². The van der Waals surface area contributed by atoms with Gasteiger partial charge in [0.15, 0.2) is 6.10 Å². The largest absolute Gasteiger partial charge is 0.462 e. The van der Waals surface area contributed by atoms with E-state index in [1.54, 1.807) is 0 Å². The van der Waals surface area contributed by atoms with Crippen LogP contribution in [-0.4, -0.2) is 37.2 Å². The first kappa shape index (κ1) is 70.1. The summed E-state index contributed by atoms with van der Waals surface area (Å²) in [4.78, 5) is 38.1. The van der Waals surface area contributed by atoms with Crippen molar-refractivity contribution in [2.24, 2.45) is 0 Å². The van der Waals surface area contributed by atoms with Gasteiger partial charge in [0.1, 0.15) is 13.2 Å². The van der Waals surface area contributed by atoms with Crippen molar-refractivity contribution in [3.05, 3.63) is 12.2 Å². The number of unbranched alkanes of at least 4 members (excludes halogenated alkanes) is 48. The van der Waals surface area contributed by atoms with Crippen molar-refractivity contribution < 1.29 is 28.6 Å². The number of ether oxygens (including phenoxy) is 3. The Labute approximate surface area is 450 Å². The van der Waals surface area contributed by atoms with Crippen LogP contribution in [0, 0.1) is 0 Å². The summed E-state index contributed by atoms with van der Waals surface area (Å²) in [5.74, 6) is -0.838. The zero-order valence-electron chi connectivity index (χ0n) is 49.0. The molecule has 0 rings (SSSR count). The van der Waals surface area contributed by atoms with Crippen LogP contribution in [0.5, 0.6) is 0 Å². The van der Waals surface area contributed by atoms with Crippen molar-refractivity contribution in [2.75, 3.05) is 13.2 Å². The molecule has 0 N–H and O–H groups in total. The summed E-state index contributed by atoms with van der Waals surface area (Å²) in [6.07, 6.45) is 72.5. The minimum Gasteiger partial charge on any atom is -0.462 e. The number of allylic oxidation sites excluding steroid dienone is 2. The molecule has 1 atom stereocenters. The Morgan fingerprint density at radius 1 is 0.264 bits per heavy atom. The normalized spacial score (nSPS) is 12.0. The van der Waals surface area contributed by atoms with Gasteiger partial charge in [0.25, 0.3) is 0 Å². The summed E-state index contributed by atoms with van der Waals surface area (Å²) in [5.41, 5.74) is 0. The molecule has 0 spiro atoms. The van der Waals surface area contributed by atoms with Gasteiger partial charge >= 0.3 is 17.9 Å². The van der Waals surface area contributed by atoms with Gasteiger partial charge < -0.3 is 14.2 Å². The second kappa shape index (κ2) is 61.7. The lowest BCUT2D eigenvalue weighted by Gasteiger charge is -2.18. The van der Waals surface area contributed by atoms with Crippen LogP contribution in [0.2, 0.25) is 0 Å². The molecule has 0 radical (unpaired) electrons. The van der Waals surface area contributed by atoms with Crippen LogP contribution in [0.3, 0.4) is 0 Å². The molecule has 0 aromatic rings. The molecule has 0 aromatic carbocycles. The molecule has 1 unspecified atom stereocenters. The lowest BCUT2D eigenvalue weighted by Crippen LogP contribution is -2.30. The molecule has 0 aliphatic heterocycles. The van der Waals surface area contributed by atoms with E-state index in [0.717, 1.165) is 57.8 Å². The van der Waals surface area contributed by atoms with Crippen molar-refractivity contribution in [1.82, 2.24) is 0 Å². The van der Waals surface area contributed by atoms with Crippen LogP contribution < -0.4 is 0 Å². The van der Waals surface area contributed by atoms with Gasteiger partial charge in [-0.3, -0.25) is 14.4 Å². The highest BCUT2D eigenvalue weighted by molar-refractivity contribution is 5.71. The van der Waals surface area contributed by atoms with Crippen molar-refractivity contribution in [1.29, 1.82) is 0 Å². The lowest BCUT2D eigenvalue weighted by atomic mass is 10.0. The van der Waals surface area contributed by atoms with E-state index in [1.807, 2.05) is 0 Å². The molecule has 0 saturated carbocycles. The van der Waals surface area contributed by atoms with Crippen molar-refractivity contribution in [3.63, 3.8) is 0 Å². The maximum Gasteiger partial charge on any atom is 0.306 e. The van der Waals surface area contributed by atoms with Crippen LogP contribution in [0.15, 0.2) is 12.2 Å². The van der Waals surface area contributed by atoms with E-state index in [1.165, 1.54) is 276 Å². The first-order chi connectivity index (χ1) is 35.5. The van der Waals surface area contributed by atoms with Crippen LogP contribution in [0.4, 0.5) is 0 Å². The second-order valence-electron chi connectivity index (χ2n) is 22.4. The first-order valence-electron chi connectivity index (χ1n) is 32.7. The molecule has 0 saturated heterocycles. The molecule has 0 fully saturated rings. The van der Waals surface area contributed by atoms with Gasteiger partial charge in [0.05, 0.1) is 0 Å². The van der Waals surface area contributed by atoms with E-state index in [9.17, 15) is 14.4 Å². The number of hydrogen-bond acceptors (Lipinski definition) is 6. The Kier molecular flexibility index (Phi) is 60.1. The van der Waals surface area contributed by atoms with E-state index in [4.69, 9.17) is 14.2 Å². The van der Waals surface area contributed by atoms with E-state index in [2.05, 4.69) is 32.9 Å². The molecule has 0 aliphatic carbocycles. The average Bonchev–Trinajstić information content (AvgIpc) is 3.38. The van der Waals surface area contributed by atoms with E-state index >= 15 is 0 Å². The number of esters is 3. The Morgan fingerprint density at radius 3 is 0.694 bits per heavy atom. The molecule has 0 heterocycles. The van der Waals surface area contributed by atoms with E-state index < -0.39 is 6.10 Å². The van der Waals surface area contributed by atoms with Gasteiger partial charge in [0, 0.05) is 19.3 Å². The zero-order chi connectivity index (χ0) is 52.2. The lowest BCUT2D eigenvalue weighted by molar-refractivity contribution is -0.167. The molecule has 0 aliphatic rings. The van der Waals surface area contributed by atoms with Crippen molar-refractivity contribution in [2.45, 2.75) is 380 Å². The summed E-state index contributed by atoms with van der Waals surface area (Å²) in [7, 11) is 0. The topological polar surface area (TPSA) is 78.9 Å². The number of hydrogen-bond donors (Lipinski definition) is 0. The van der Waals surface area contributed by atoms with Gasteiger partial charge in [-0.05, 0) is 44.9 Å². The number of carbonyl (C=O) groups is 3. The summed E-state index contributed by atoms with van der Waals surface area (Å²) in [5, 5.41) is 0. The number of carbonyl (C=O) groups excluding carboxylic acids is 3. The summed E-state index contributed by atoms with van der Waals surface area (Å²) in [6, 6.07) is 0. The summed E-state index contributed by atoms with van der Waals surface area (Å²) in [6.45, 7) is 6.68. The Morgan fingerprint density at radius 2 is 0.458 bits per heavy atom. The predicted molar refractivity (Wildman–Crippen MR) is 312 cm³/mol. The van der Waals surface area contributed by atoms with Crippen LogP contribution in [0.1, 0.15) is 374 Å². The molecular weight excluding hydrogens is 889 g/mol. The minimum absolute atomic E-state index is 0.0628. The Balaban J connectivity index is 4.00. The minimum atomic E-state index is -0.762. The zero-order valence-corrected chi connectivity index (χ0v) is 49.0. The molecule has 426 valence electrons. The Bertz CT molecular complexity index is 1120. The number of rotatable bonds is 61. The fourth-order valence-corrected chi connectivity index (χ4v) is 10.1. The first-order valence-corrected chi connectivity index (χ1v) is 32.7. The third-order valence-electron chi connectivity index (χ3n) is 15.0. The third-order valence-corrected chi connectivity index (χ3v) is 15.0. The molecule has 6 nitrogen and oxygen atoms in total. The average molecular weight is 1020 g/mol. The Hall–Kier alpha value is -1.85. The standard InChI is InChI=1S/C66H126O6/c1-4-7-10-13-16-19-21-23-25-26-27-28-29-30-31-32-33-34-35-36-37-38-39-40-41-43-44-47-50-53-56-59-65(68)71-62-63(61-70-64(67)58-55-52-49-46-18-15-12-9-6-3)72-66(69)60-57-54-51-48-45-42-24-22-20-17-14-11-8-5-2/h26-27,63H,4-25,28-62H2,1-3H3/b27-26-. The summed E-state index contributed by atoms with van der Waals surface area (Å²) < 4.78 is 16.9. The van der Waals surface area contributed by atoms with E-state index in [-0.39, 0.29) is 31.1 Å². The predicted octanol–water partition coefficient (Wildman–Crippen LogP) is 22.1. The molecule has 0 aromatic heterocycles. The van der Waals surface area contributed by atoms with Crippen LogP contribution in [0.25, 0.3) is 0 Å². The monoisotopic (exact) mass is 1010 g/mol. The fraction of sp³-hybridized carbons (Fsp3) is 0.924. The van der Waals surface area contributed by atoms with Crippen molar-refractivity contribution in [3.8, 4) is 0 Å². The van der Waals surface area contributed by atoms with Crippen molar-refractivity contribution >= 4 is 17.9 Å². The SMILES string of the molecule is CCCCCCCCCC/C=C\CCCCCCCCCCCCCCCCCCCCCC(=O)OCC(COC(=O)CCCCCCCCCCC)OC(=O)CCCCCCCCCCCCCCCC. The van der Waals surface area contributed by atoms with Crippen LogP contribution in [-0.2, 0) is 28.6 Å². The quantitative estimate of drug-likeness (QED) is 0.0261. The molecule has 72 heavy (non-hydrogen) atoms. The fourth-order valence-electron chi connectivity index (χ4n) is 10.1. The second-order valence-corrected chi connectivity index (χ2v) is 22.4. The highest BCUT2D eigenvalue weighted by Crippen LogP contribution is 2.18. The highest BCUT2D eigenvalue weighted by atomic mass is 16.6. The van der Waals surface area contributed by atoms with Gasteiger partial charge in [-0.2, -0.15) is 0 Å². The smallest absolute Gasteiger partial charge is 0.306 e. The van der Waals surface area contributed by atoms with Gasteiger partial charge in [-0.15, -0.1) is 0 Å². The molecule has 0 amide bonds.